The molecule has 0 aliphatic rings. The summed E-state index contributed by atoms with van der Waals surface area (Å²) in [5.74, 6) is -1.73. The minimum absolute atomic E-state index is 0.0871. The number of nitrogens with zero attached hydrogens (tertiary/aromatic N) is 4. The van der Waals surface area contributed by atoms with Crippen LogP contribution in [0.1, 0.15) is 17.1 Å². The summed E-state index contributed by atoms with van der Waals surface area (Å²) in [5.41, 5.74) is 0.938. The summed E-state index contributed by atoms with van der Waals surface area (Å²) in [5, 5.41) is 18.1. The van der Waals surface area contributed by atoms with Crippen molar-refractivity contribution in [3.8, 4) is 5.69 Å². The molecule has 0 unspecified atom stereocenters. The Balaban J connectivity index is 1.43. The molecule has 2 heterocycles. The Hall–Kier alpha value is -4.68. The Morgan fingerprint density at radius 2 is 1.78 bits per heavy atom. The molecule has 2 aromatic heterocycles. The van der Waals surface area contributed by atoms with E-state index < -0.39 is 41.8 Å². The van der Waals surface area contributed by atoms with Gasteiger partial charge >= 0.3 is 12.1 Å². The number of hydrogen-bond acceptors (Lipinski definition) is 6. The van der Waals surface area contributed by atoms with Crippen molar-refractivity contribution >= 4 is 34.2 Å². The molecule has 0 radical (unpaired) electrons. The molecule has 0 atom stereocenters. The van der Waals surface area contributed by atoms with Gasteiger partial charge in [-0.25, -0.2) is 4.68 Å². The summed E-state index contributed by atoms with van der Waals surface area (Å²) in [4.78, 5) is 35.1. The van der Waals surface area contributed by atoms with Crippen molar-refractivity contribution < 1.29 is 32.4 Å². The van der Waals surface area contributed by atoms with Gasteiger partial charge in [0.1, 0.15) is 12.2 Å². The van der Waals surface area contributed by atoms with Crippen LogP contribution < -0.4 is 5.32 Å². The number of nitro benzene ring substituents is 1. The van der Waals surface area contributed by atoms with Gasteiger partial charge in [-0.2, -0.15) is 18.3 Å². The molecule has 0 saturated carbocycles. The van der Waals surface area contributed by atoms with Gasteiger partial charge in [0.2, 0.25) is 0 Å². The third kappa shape index (κ3) is 5.29. The predicted molar refractivity (Wildman–Crippen MR) is 126 cm³/mol. The zero-order valence-corrected chi connectivity index (χ0v) is 19.6. The first kappa shape index (κ1) is 25.4. The fourth-order valence-corrected chi connectivity index (χ4v) is 3.90. The molecule has 0 fully saturated rings. The SMILES string of the molecule is Cc1nn(-c2ccc([N+](=O)[O-])cc2)c(C)c1NC(=O)COC(=O)Cn1c(C(F)(F)F)cc2ccccc21. The lowest BCUT2D eigenvalue weighted by molar-refractivity contribution is -0.384. The van der Waals surface area contributed by atoms with E-state index in [4.69, 9.17) is 4.74 Å². The number of alkyl halides is 3. The number of anilines is 1. The second kappa shape index (κ2) is 9.76. The zero-order chi connectivity index (χ0) is 26.9. The summed E-state index contributed by atoms with van der Waals surface area (Å²) in [7, 11) is 0. The van der Waals surface area contributed by atoms with E-state index in [-0.39, 0.29) is 11.2 Å². The highest BCUT2D eigenvalue weighted by atomic mass is 19.4. The number of carbonyl (C=O) groups excluding carboxylic acids is 2. The molecule has 4 aromatic rings. The van der Waals surface area contributed by atoms with Gasteiger partial charge in [0, 0.05) is 23.0 Å². The van der Waals surface area contributed by atoms with Crippen molar-refractivity contribution in [2.24, 2.45) is 0 Å². The van der Waals surface area contributed by atoms with Gasteiger partial charge in [-0.15, -0.1) is 0 Å². The number of nitrogens with one attached hydrogen (secondary N) is 1. The average Bonchev–Trinajstić information content (AvgIpc) is 3.35. The number of aryl methyl sites for hydroxylation is 1. The van der Waals surface area contributed by atoms with E-state index in [0.29, 0.717) is 28.1 Å². The van der Waals surface area contributed by atoms with E-state index in [0.717, 1.165) is 10.6 Å². The number of nitro groups is 1. The van der Waals surface area contributed by atoms with Crippen molar-refractivity contribution in [2.75, 3.05) is 11.9 Å². The number of rotatable bonds is 7. The quantitative estimate of drug-likeness (QED) is 0.219. The van der Waals surface area contributed by atoms with E-state index >= 15 is 0 Å². The van der Waals surface area contributed by atoms with Crippen LogP contribution in [-0.4, -0.2) is 37.8 Å². The standard InChI is InChI=1S/C24H20F3N5O5/c1-14-23(15(2)31(29-14)17-7-9-18(10-8-17)32(35)36)28-21(33)13-37-22(34)12-30-19-6-4-3-5-16(19)11-20(30)24(25,26)27/h3-11H,12-13H2,1-2H3,(H,28,33). The largest absolute Gasteiger partial charge is 0.454 e. The molecule has 0 aliphatic heterocycles. The number of aromatic nitrogens is 3. The predicted octanol–water partition coefficient (Wildman–Crippen LogP) is 4.55. The van der Waals surface area contributed by atoms with Gasteiger partial charge in [-0.05, 0) is 38.1 Å². The van der Waals surface area contributed by atoms with Crippen molar-refractivity contribution in [3.05, 3.63) is 81.8 Å². The van der Waals surface area contributed by atoms with Crippen LogP contribution in [0.2, 0.25) is 0 Å². The van der Waals surface area contributed by atoms with E-state index in [1.807, 2.05) is 0 Å². The number of esters is 1. The Morgan fingerprint density at radius 1 is 1.11 bits per heavy atom. The first-order valence-electron chi connectivity index (χ1n) is 10.9. The number of amides is 1. The van der Waals surface area contributed by atoms with E-state index in [2.05, 4.69) is 10.4 Å². The molecule has 13 heteroatoms. The Labute approximate surface area is 207 Å². The van der Waals surface area contributed by atoms with Crippen LogP contribution in [-0.2, 0) is 27.0 Å². The minimum Gasteiger partial charge on any atom is -0.454 e. The Kier molecular flexibility index (Phi) is 6.70. The molecule has 10 nitrogen and oxygen atoms in total. The van der Waals surface area contributed by atoms with Gasteiger partial charge in [0.05, 0.1) is 27.7 Å². The van der Waals surface area contributed by atoms with Crippen LogP contribution >= 0.6 is 0 Å². The number of non-ortho nitro benzene ring substituents is 1. The Bertz CT molecular complexity index is 1510. The highest BCUT2D eigenvalue weighted by molar-refractivity contribution is 5.94. The van der Waals surface area contributed by atoms with E-state index in [9.17, 15) is 32.9 Å². The number of carbonyl (C=O) groups is 2. The summed E-state index contributed by atoms with van der Waals surface area (Å²) in [6.07, 6.45) is -4.68. The van der Waals surface area contributed by atoms with E-state index in [1.165, 1.54) is 41.1 Å². The van der Waals surface area contributed by atoms with Crippen molar-refractivity contribution in [2.45, 2.75) is 26.6 Å². The van der Waals surface area contributed by atoms with Crippen LogP contribution in [0.25, 0.3) is 16.6 Å². The highest BCUT2D eigenvalue weighted by Gasteiger charge is 2.36. The van der Waals surface area contributed by atoms with Crippen LogP contribution in [0.3, 0.4) is 0 Å². The maximum atomic E-state index is 13.5. The average molecular weight is 515 g/mol. The second-order valence-corrected chi connectivity index (χ2v) is 8.11. The number of halogens is 3. The third-order valence-corrected chi connectivity index (χ3v) is 5.61. The Morgan fingerprint density at radius 3 is 2.43 bits per heavy atom. The lowest BCUT2D eigenvalue weighted by Gasteiger charge is -2.13. The molecule has 37 heavy (non-hydrogen) atoms. The zero-order valence-electron chi connectivity index (χ0n) is 19.6. The number of hydrogen-bond donors (Lipinski definition) is 1. The smallest absolute Gasteiger partial charge is 0.431 e. The highest BCUT2D eigenvalue weighted by Crippen LogP contribution is 2.34. The van der Waals surface area contributed by atoms with Gasteiger partial charge in [-0.1, -0.05) is 18.2 Å². The molecular formula is C24H20F3N5O5. The molecule has 0 saturated heterocycles. The fraction of sp³-hybridized carbons (Fsp3) is 0.208. The molecule has 4 rings (SSSR count). The van der Waals surface area contributed by atoms with Gasteiger partial charge in [0.15, 0.2) is 6.61 Å². The number of para-hydroxylation sites is 1. The molecule has 0 aliphatic carbocycles. The van der Waals surface area contributed by atoms with Gasteiger partial charge in [0.25, 0.3) is 11.6 Å². The molecule has 2 aromatic carbocycles. The minimum atomic E-state index is -4.68. The van der Waals surface area contributed by atoms with E-state index in [1.54, 1.807) is 26.0 Å². The topological polar surface area (TPSA) is 121 Å². The second-order valence-electron chi connectivity index (χ2n) is 8.11. The van der Waals surface area contributed by atoms with Gasteiger partial charge in [-0.3, -0.25) is 19.7 Å². The number of fused-ring (bicyclic) bond motifs is 1. The number of ether oxygens (including phenoxy) is 1. The van der Waals surface area contributed by atoms with Crippen molar-refractivity contribution in [3.63, 3.8) is 0 Å². The lowest BCUT2D eigenvalue weighted by atomic mass is 10.2. The summed E-state index contributed by atoms with van der Waals surface area (Å²) < 4.78 is 47.7. The van der Waals surface area contributed by atoms with Crippen molar-refractivity contribution in [1.82, 2.24) is 14.3 Å². The normalized spacial score (nSPS) is 11.5. The summed E-state index contributed by atoms with van der Waals surface area (Å²) in [6, 6.07) is 12.7. The maximum Gasteiger partial charge on any atom is 0.431 e. The van der Waals surface area contributed by atoms with Gasteiger partial charge < -0.3 is 14.6 Å². The summed E-state index contributed by atoms with van der Waals surface area (Å²) >= 11 is 0. The molecular weight excluding hydrogens is 495 g/mol. The number of benzene rings is 2. The lowest BCUT2D eigenvalue weighted by Crippen LogP contribution is -2.24. The monoisotopic (exact) mass is 515 g/mol. The molecule has 0 spiro atoms. The first-order chi connectivity index (χ1) is 17.5. The molecule has 192 valence electrons. The van der Waals surface area contributed by atoms with Crippen LogP contribution in [0.4, 0.5) is 24.5 Å². The van der Waals surface area contributed by atoms with Crippen molar-refractivity contribution in [1.29, 1.82) is 0 Å². The molecule has 1 amide bonds. The molecule has 0 bridgehead atoms. The maximum absolute atomic E-state index is 13.5. The van der Waals surface area contributed by atoms with Crippen LogP contribution in [0, 0.1) is 24.0 Å². The molecule has 1 N–H and O–H groups in total. The fourth-order valence-electron chi connectivity index (χ4n) is 3.90. The van der Waals surface area contributed by atoms with Crippen LogP contribution in [0.15, 0.2) is 54.6 Å². The third-order valence-electron chi connectivity index (χ3n) is 5.61. The van der Waals surface area contributed by atoms with Crippen LogP contribution in [0.5, 0.6) is 0 Å². The summed E-state index contributed by atoms with van der Waals surface area (Å²) in [6.45, 7) is 1.85. The first-order valence-corrected chi connectivity index (χ1v) is 10.9.